The number of hydrogen-bond acceptors (Lipinski definition) is 6. The molecule has 0 atom stereocenters. The summed E-state index contributed by atoms with van der Waals surface area (Å²) in [5.41, 5.74) is 3.17. The molecule has 0 amide bonds. The lowest BCUT2D eigenvalue weighted by atomic mass is 10.1. The van der Waals surface area contributed by atoms with Gasteiger partial charge in [-0.3, -0.25) is 0 Å². The summed E-state index contributed by atoms with van der Waals surface area (Å²) in [5.74, 6) is 3.51. The Hall–Kier alpha value is -2.08. The minimum Gasteiger partial charge on any atom is -0.360 e. The second-order valence-corrected chi connectivity index (χ2v) is 5.98. The third-order valence-electron chi connectivity index (χ3n) is 3.24. The van der Waals surface area contributed by atoms with Crippen molar-refractivity contribution in [3.05, 3.63) is 53.2 Å². The minimum atomic E-state index is 0.621. The molecule has 0 saturated carbocycles. The summed E-state index contributed by atoms with van der Waals surface area (Å²) in [4.78, 5) is 4.43. The quantitative estimate of drug-likeness (QED) is 0.684. The molecule has 3 aromatic rings. The summed E-state index contributed by atoms with van der Waals surface area (Å²) in [6.45, 7) is 4.04. The number of aromatic nitrogens is 3. The van der Waals surface area contributed by atoms with E-state index >= 15 is 0 Å². The second kappa shape index (κ2) is 6.79. The Morgan fingerprint density at radius 3 is 2.55 bits per heavy atom. The van der Waals surface area contributed by atoms with Gasteiger partial charge in [0, 0.05) is 11.6 Å². The highest BCUT2D eigenvalue weighted by molar-refractivity contribution is 7.97. The van der Waals surface area contributed by atoms with Crippen LogP contribution in [-0.2, 0) is 17.9 Å². The van der Waals surface area contributed by atoms with Crippen LogP contribution in [0, 0.1) is 6.92 Å². The van der Waals surface area contributed by atoms with Crippen LogP contribution in [0.25, 0.3) is 11.4 Å². The number of benzene rings is 1. The normalized spacial score (nSPS) is 11.0. The van der Waals surface area contributed by atoms with Gasteiger partial charge in [0.15, 0.2) is 0 Å². The molecule has 0 aliphatic rings. The predicted molar refractivity (Wildman–Crippen MR) is 85.4 cm³/mol. The Labute approximate surface area is 133 Å². The van der Waals surface area contributed by atoms with Crippen molar-refractivity contribution in [1.82, 2.24) is 15.3 Å². The van der Waals surface area contributed by atoms with Gasteiger partial charge in [-0.1, -0.05) is 41.5 Å². The maximum absolute atomic E-state index is 5.29. The molecule has 0 radical (unpaired) electrons. The van der Waals surface area contributed by atoms with Gasteiger partial charge >= 0.3 is 0 Å². The molecule has 0 N–H and O–H groups in total. The van der Waals surface area contributed by atoms with Crippen molar-refractivity contribution in [1.29, 1.82) is 0 Å². The Kier molecular flexibility index (Phi) is 4.58. The van der Waals surface area contributed by atoms with Crippen LogP contribution in [0.4, 0.5) is 0 Å². The third kappa shape index (κ3) is 3.57. The van der Waals surface area contributed by atoms with E-state index in [4.69, 9.17) is 9.05 Å². The zero-order valence-electron chi connectivity index (χ0n) is 12.6. The minimum absolute atomic E-state index is 0.621. The lowest BCUT2D eigenvalue weighted by Gasteiger charge is -1.97. The van der Waals surface area contributed by atoms with Crippen molar-refractivity contribution in [3.8, 4) is 11.4 Å². The Bertz CT molecular complexity index is 734. The number of nitrogens with zero attached hydrogens (tertiary/aromatic N) is 3. The van der Waals surface area contributed by atoms with Crippen LogP contribution in [0.2, 0.25) is 0 Å². The average Bonchev–Trinajstić information content (AvgIpc) is 3.17. The lowest BCUT2D eigenvalue weighted by molar-refractivity contribution is 0.388. The highest BCUT2D eigenvalue weighted by Crippen LogP contribution is 2.21. The first-order valence-electron chi connectivity index (χ1n) is 7.16. The van der Waals surface area contributed by atoms with Crippen molar-refractivity contribution >= 4 is 11.8 Å². The van der Waals surface area contributed by atoms with Gasteiger partial charge in [-0.2, -0.15) is 4.98 Å². The fraction of sp³-hybridized carbons (Fsp3) is 0.312. The molecule has 0 bridgehead atoms. The molecule has 2 aromatic heterocycles. The number of hydrogen-bond donors (Lipinski definition) is 0. The van der Waals surface area contributed by atoms with Gasteiger partial charge < -0.3 is 9.05 Å². The maximum Gasteiger partial charge on any atom is 0.236 e. The van der Waals surface area contributed by atoms with Crippen LogP contribution in [0.5, 0.6) is 0 Å². The summed E-state index contributed by atoms with van der Waals surface area (Å²) in [6, 6.07) is 10.2. The molecular formula is C16H17N3O2S. The van der Waals surface area contributed by atoms with Crippen LogP contribution < -0.4 is 0 Å². The number of aryl methyl sites for hydroxylation is 2. The van der Waals surface area contributed by atoms with Gasteiger partial charge in [0.1, 0.15) is 5.76 Å². The first-order chi connectivity index (χ1) is 10.7. The summed E-state index contributed by atoms with van der Waals surface area (Å²) < 4.78 is 10.5. The monoisotopic (exact) mass is 315 g/mol. The molecule has 3 rings (SSSR count). The van der Waals surface area contributed by atoms with Gasteiger partial charge in [-0.15, -0.1) is 11.8 Å². The molecule has 0 aliphatic carbocycles. The SMILES string of the molecule is CCc1ccc(-c2noc(CSCc3cc(C)no3)n2)cc1. The molecule has 0 saturated heterocycles. The topological polar surface area (TPSA) is 65.0 Å². The fourth-order valence-electron chi connectivity index (χ4n) is 2.04. The van der Waals surface area contributed by atoms with E-state index < -0.39 is 0 Å². The number of thioether (sulfide) groups is 1. The van der Waals surface area contributed by atoms with Crippen LogP contribution in [-0.4, -0.2) is 15.3 Å². The molecule has 5 nitrogen and oxygen atoms in total. The van der Waals surface area contributed by atoms with Crippen molar-refractivity contribution in [2.45, 2.75) is 31.8 Å². The lowest BCUT2D eigenvalue weighted by Crippen LogP contribution is -1.85. The first-order valence-corrected chi connectivity index (χ1v) is 8.32. The molecule has 0 fully saturated rings. The van der Waals surface area contributed by atoms with Crippen LogP contribution in [0.1, 0.15) is 29.8 Å². The van der Waals surface area contributed by atoms with E-state index in [9.17, 15) is 0 Å². The van der Waals surface area contributed by atoms with Crippen molar-refractivity contribution in [2.24, 2.45) is 0 Å². The van der Waals surface area contributed by atoms with Crippen LogP contribution in [0.3, 0.4) is 0 Å². The molecule has 0 aliphatic heterocycles. The van der Waals surface area contributed by atoms with Gasteiger partial charge in [0.25, 0.3) is 0 Å². The largest absolute Gasteiger partial charge is 0.360 e. The smallest absolute Gasteiger partial charge is 0.236 e. The highest BCUT2D eigenvalue weighted by Gasteiger charge is 2.09. The second-order valence-electron chi connectivity index (χ2n) is 4.99. The molecule has 6 heteroatoms. The highest BCUT2D eigenvalue weighted by atomic mass is 32.2. The van der Waals surface area contributed by atoms with E-state index in [1.165, 1.54) is 5.56 Å². The molecule has 22 heavy (non-hydrogen) atoms. The predicted octanol–water partition coefficient (Wildman–Crippen LogP) is 4.03. The zero-order chi connectivity index (χ0) is 15.4. The summed E-state index contributed by atoms with van der Waals surface area (Å²) in [6.07, 6.45) is 1.02. The van der Waals surface area contributed by atoms with Gasteiger partial charge in [-0.05, 0) is 18.9 Å². The fourth-order valence-corrected chi connectivity index (χ4v) is 2.77. The maximum atomic E-state index is 5.29. The molecule has 1 aromatic carbocycles. The molecule has 2 heterocycles. The van der Waals surface area contributed by atoms with E-state index in [2.05, 4.69) is 34.4 Å². The van der Waals surface area contributed by atoms with Crippen molar-refractivity contribution < 1.29 is 9.05 Å². The summed E-state index contributed by atoms with van der Waals surface area (Å²) in [5, 5.41) is 7.90. The summed E-state index contributed by atoms with van der Waals surface area (Å²) >= 11 is 1.66. The summed E-state index contributed by atoms with van der Waals surface area (Å²) in [7, 11) is 0. The van der Waals surface area contributed by atoms with Gasteiger partial charge in [-0.25, -0.2) is 0 Å². The van der Waals surface area contributed by atoms with Crippen LogP contribution in [0.15, 0.2) is 39.4 Å². The molecule has 0 spiro atoms. The van der Waals surface area contributed by atoms with E-state index in [0.717, 1.165) is 29.2 Å². The van der Waals surface area contributed by atoms with Crippen molar-refractivity contribution in [3.63, 3.8) is 0 Å². The van der Waals surface area contributed by atoms with E-state index in [1.807, 2.05) is 25.1 Å². The Balaban J connectivity index is 1.58. The van der Waals surface area contributed by atoms with Crippen molar-refractivity contribution in [2.75, 3.05) is 0 Å². The zero-order valence-corrected chi connectivity index (χ0v) is 13.4. The van der Waals surface area contributed by atoms with Gasteiger partial charge in [0.2, 0.25) is 11.7 Å². The molecular weight excluding hydrogens is 298 g/mol. The standard InChI is InChI=1S/C16H17N3O2S/c1-3-12-4-6-13(7-5-12)16-17-15(21-19-16)10-22-9-14-8-11(2)18-20-14/h4-8H,3,9-10H2,1-2H3. The van der Waals surface area contributed by atoms with Gasteiger partial charge in [0.05, 0.1) is 17.2 Å². The van der Waals surface area contributed by atoms with Crippen LogP contribution >= 0.6 is 11.8 Å². The first kappa shape index (κ1) is 14.8. The van der Waals surface area contributed by atoms with E-state index in [-0.39, 0.29) is 0 Å². The Morgan fingerprint density at radius 2 is 1.86 bits per heavy atom. The van der Waals surface area contributed by atoms with E-state index in [0.29, 0.717) is 17.5 Å². The average molecular weight is 315 g/mol. The third-order valence-corrected chi connectivity index (χ3v) is 4.17. The molecule has 114 valence electrons. The Morgan fingerprint density at radius 1 is 1.05 bits per heavy atom. The molecule has 0 unspecified atom stereocenters. The van der Waals surface area contributed by atoms with E-state index in [1.54, 1.807) is 11.8 Å². The number of rotatable bonds is 6.